The molecule has 1 aliphatic rings. The fraction of sp³-hybridized carbons (Fsp3) is 0.688. The van der Waals surface area contributed by atoms with Gasteiger partial charge in [-0.05, 0) is 63.9 Å². The number of piperidine rings is 1. The van der Waals surface area contributed by atoms with Crippen LogP contribution < -0.4 is 5.32 Å². The van der Waals surface area contributed by atoms with Crippen LogP contribution in [0.3, 0.4) is 0 Å². The van der Waals surface area contributed by atoms with Gasteiger partial charge < -0.3 is 5.32 Å². The van der Waals surface area contributed by atoms with Crippen LogP contribution in [0.25, 0.3) is 0 Å². The second-order valence-electron chi connectivity index (χ2n) is 5.78. The normalized spacial score (nSPS) is 21.1. The molecular formula is C16H26FN3. The molecule has 2 rings (SSSR count). The van der Waals surface area contributed by atoms with E-state index >= 15 is 0 Å². The van der Waals surface area contributed by atoms with Crippen molar-refractivity contribution in [3.63, 3.8) is 0 Å². The molecule has 0 aliphatic carbocycles. The summed E-state index contributed by atoms with van der Waals surface area (Å²) in [6.07, 6.45) is 5.02. The third kappa shape index (κ3) is 4.25. The van der Waals surface area contributed by atoms with Gasteiger partial charge in [-0.2, -0.15) is 0 Å². The first kappa shape index (κ1) is 15.4. The van der Waals surface area contributed by atoms with E-state index < -0.39 is 0 Å². The maximum atomic E-state index is 13.0. The Hall–Kier alpha value is -1.00. The third-order valence-corrected chi connectivity index (χ3v) is 4.13. The van der Waals surface area contributed by atoms with Crippen molar-refractivity contribution >= 4 is 0 Å². The average Bonchev–Trinajstić information content (AvgIpc) is 2.48. The Morgan fingerprint density at radius 3 is 2.95 bits per heavy atom. The summed E-state index contributed by atoms with van der Waals surface area (Å²) < 4.78 is 13.0. The van der Waals surface area contributed by atoms with Crippen LogP contribution in [0.1, 0.15) is 44.8 Å². The van der Waals surface area contributed by atoms with Crippen molar-refractivity contribution in [1.29, 1.82) is 0 Å². The first-order valence-corrected chi connectivity index (χ1v) is 7.77. The Balaban J connectivity index is 2.00. The van der Waals surface area contributed by atoms with Gasteiger partial charge in [-0.15, -0.1) is 0 Å². The molecular weight excluding hydrogens is 253 g/mol. The van der Waals surface area contributed by atoms with Gasteiger partial charge in [0.1, 0.15) is 5.82 Å². The van der Waals surface area contributed by atoms with E-state index in [2.05, 4.69) is 29.0 Å². The van der Waals surface area contributed by atoms with Gasteiger partial charge in [0.2, 0.25) is 0 Å². The summed E-state index contributed by atoms with van der Waals surface area (Å²) in [7, 11) is 0. The molecule has 112 valence electrons. The number of halogens is 1. The van der Waals surface area contributed by atoms with E-state index in [4.69, 9.17) is 0 Å². The lowest BCUT2D eigenvalue weighted by molar-refractivity contribution is 0.160. The molecule has 1 fully saturated rings. The summed E-state index contributed by atoms with van der Waals surface area (Å²) in [4.78, 5) is 6.73. The number of nitrogens with zero attached hydrogens (tertiary/aromatic N) is 2. The first-order chi connectivity index (χ1) is 9.70. The number of aromatic nitrogens is 1. The summed E-state index contributed by atoms with van der Waals surface area (Å²) in [5.41, 5.74) is 0.962. The predicted octanol–water partition coefficient (Wildman–Crippen LogP) is 2.99. The molecule has 0 amide bonds. The Morgan fingerprint density at radius 2 is 2.35 bits per heavy atom. The molecule has 1 aromatic heterocycles. The second-order valence-corrected chi connectivity index (χ2v) is 5.78. The molecule has 1 aliphatic heterocycles. The van der Waals surface area contributed by atoms with Gasteiger partial charge in [0.25, 0.3) is 0 Å². The van der Waals surface area contributed by atoms with Gasteiger partial charge >= 0.3 is 0 Å². The van der Waals surface area contributed by atoms with E-state index in [0.717, 1.165) is 44.2 Å². The summed E-state index contributed by atoms with van der Waals surface area (Å²) in [5, 5.41) is 3.48. The monoisotopic (exact) mass is 279 g/mol. The summed E-state index contributed by atoms with van der Waals surface area (Å²) in [5.74, 6) is 0.456. The SMILES string of the molecule is CCCN(CC1CCCNC1)C(C)c1ccc(F)cn1. The quantitative estimate of drug-likeness (QED) is 0.867. The number of nitrogens with one attached hydrogen (secondary N) is 1. The maximum Gasteiger partial charge on any atom is 0.141 e. The van der Waals surface area contributed by atoms with E-state index in [9.17, 15) is 4.39 Å². The summed E-state index contributed by atoms with van der Waals surface area (Å²) in [6.45, 7) is 8.81. The highest BCUT2D eigenvalue weighted by molar-refractivity contribution is 5.09. The van der Waals surface area contributed by atoms with Crippen molar-refractivity contribution in [1.82, 2.24) is 15.2 Å². The van der Waals surface area contributed by atoms with Gasteiger partial charge in [-0.1, -0.05) is 6.92 Å². The molecule has 0 spiro atoms. The van der Waals surface area contributed by atoms with Crippen LogP contribution in [0, 0.1) is 11.7 Å². The fourth-order valence-corrected chi connectivity index (χ4v) is 2.96. The van der Waals surface area contributed by atoms with Crippen LogP contribution in [-0.4, -0.2) is 36.1 Å². The number of rotatable bonds is 6. The Bertz CT molecular complexity index is 387. The molecule has 1 aromatic rings. The summed E-state index contributed by atoms with van der Waals surface area (Å²) in [6, 6.07) is 3.56. The minimum absolute atomic E-state index is 0.248. The maximum absolute atomic E-state index is 13.0. The van der Waals surface area contributed by atoms with Crippen molar-refractivity contribution in [3.8, 4) is 0 Å². The van der Waals surface area contributed by atoms with Crippen molar-refractivity contribution in [2.75, 3.05) is 26.2 Å². The number of hydrogen-bond donors (Lipinski definition) is 1. The zero-order chi connectivity index (χ0) is 14.4. The van der Waals surface area contributed by atoms with E-state index in [-0.39, 0.29) is 11.9 Å². The zero-order valence-corrected chi connectivity index (χ0v) is 12.6. The smallest absolute Gasteiger partial charge is 0.141 e. The molecule has 2 atom stereocenters. The fourth-order valence-electron chi connectivity index (χ4n) is 2.96. The topological polar surface area (TPSA) is 28.2 Å². The molecule has 3 nitrogen and oxygen atoms in total. The van der Waals surface area contributed by atoms with E-state index in [1.165, 1.54) is 25.1 Å². The van der Waals surface area contributed by atoms with E-state index in [0.29, 0.717) is 0 Å². The molecule has 1 saturated heterocycles. The molecule has 1 N–H and O–H groups in total. The van der Waals surface area contributed by atoms with Gasteiger partial charge in [0.05, 0.1) is 11.9 Å². The van der Waals surface area contributed by atoms with Crippen LogP contribution in [0.4, 0.5) is 4.39 Å². The Morgan fingerprint density at radius 1 is 1.50 bits per heavy atom. The molecule has 0 bridgehead atoms. The lowest BCUT2D eigenvalue weighted by atomic mass is 9.98. The standard InChI is InChI=1S/C16H26FN3/c1-3-9-20(12-14-5-4-8-18-10-14)13(2)16-7-6-15(17)11-19-16/h6-7,11,13-14,18H,3-5,8-10,12H2,1-2H3. The summed E-state index contributed by atoms with van der Waals surface area (Å²) >= 11 is 0. The van der Waals surface area contributed by atoms with E-state index in [1.54, 1.807) is 0 Å². The predicted molar refractivity (Wildman–Crippen MR) is 80.1 cm³/mol. The van der Waals surface area contributed by atoms with Crippen LogP contribution in [0.2, 0.25) is 0 Å². The van der Waals surface area contributed by atoms with Gasteiger partial charge in [0.15, 0.2) is 0 Å². The molecule has 2 heterocycles. The second kappa shape index (κ2) is 7.70. The van der Waals surface area contributed by atoms with Crippen LogP contribution in [0.15, 0.2) is 18.3 Å². The van der Waals surface area contributed by atoms with Crippen molar-refractivity contribution in [3.05, 3.63) is 29.8 Å². The highest BCUT2D eigenvalue weighted by Gasteiger charge is 2.21. The number of hydrogen-bond acceptors (Lipinski definition) is 3. The number of pyridine rings is 1. The van der Waals surface area contributed by atoms with Crippen LogP contribution in [0.5, 0.6) is 0 Å². The minimum atomic E-state index is -0.264. The van der Waals surface area contributed by atoms with Crippen molar-refractivity contribution < 1.29 is 4.39 Å². The third-order valence-electron chi connectivity index (χ3n) is 4.13. The largest absolute Gasteiger partial charge is 0.316 e. The molecule has 0 aromatic carbocycles. The van der Waals surface area contributed by atoms with Gasteiger partial charge in [-0.3, -0.25) is 9.88 Å². The van der Waals surface area contributed by atoms with Gasteiger partial charge in [-0.25, -0.2) is 4.39 Å². The molecule has 0 radical (unpaired) electrons. The molecule has 4 heteroatoms. The highest BCUT2D eigenvalue weighted by atomic mass is 19.1. The minimum Gasteiger partial charge on any atom is -0.316 e. The lowest BCUT2D eigenvalue weighted by Gasteiger charge is -2.33. The van der Waals surface area contributed by atoms with Crippen molar-refractivity contribution in [2.24, 2.45) is 5.92 Å². The average molecular weight is 279 g/mol. The highest BCUT2D eigenvalue weighted by Crippen LogP contribution is 2.22. The van der Waals surface area contributed by atoms with Crippen LogP contribution in [-0.2, 0) is 0 Å². The first-order valence-electron chi connectivity index (χ1n) is 7.77. The molecule has 20 heavy (non-hydrogen) atoms. The lowest BCUT2D eigenvalue weighted by Crippen LogP contribution is -2.39. The molecule has 2 unspecified atom stereocenters. The zero-order valence-electron chi connectivity index (χ0n) is 12.6. The Labute approximate surface area is 121 Å². The van der Waals surface area contributed by atoms with Crippen LogP contribution >= 0.6 is 0 Å². The van der Waals surface area contributed by atoms with Gasteiger partial charge in [0, 0.05) is 12.6 Å². The Kier molecular flexibility index (Phi) is 5.92. The molecule has 0 saturated carbocycles. The van der Waals surface area contributed by atoms with Crippen molar-refractivity contribution in [2.45, 2.75) is 39.2 Å². The van der Waals surface area contributed by atoms with E-state index in [1.807, 2.05) is 6.07 Å².